The van der Waals surface area contributed by atoms with Crippen LogP contribution in [0.15, 0.2) is 61.1 Å². The average Bonchev–Trinajstić information content (AvgIpc) is 2.84. The summed E-state index contributed by atoms with van der Waals surface area (Å²) < 4.78 is 0. The quantitative estimate of drug-likeness (QED) is 0.347. The van der Waals surface area contributed by atoms with Crippen LogP contribution in [0.25, 0.3) is 10.9 Å². The number of nitrogens with zero attached hydrogens (tertiary/aromatic N) is 2. The first-order valence-corrected chi connectivity index (χ1v) is 12.4. The molecular weight excluding hydrogens is 388 g/mol. The Hall–Kier alpha value is -2.22. The van der Waals surface area contributed by atoms with Gasteiger partial charge in [-0.15, -0.1) is 0 Å². The molecule has 0 saturated heterocycles. The van der Waals surface area contributed by atoms with E-state index in [2.05, 4.69) is 87.9 Å². The van der Waals surface area contributed by atoms with Gasteiger partial charge in [0, 0.05) is 24.0 Å². The molecule has 2 heterocycles. The smallest absolute Gasteiger partial charge is 0.0702 e. The summed E-state index contributed by atoms with van der Waals surface area (Å²) in [6, 6.07) is 14.7. The lowest BCUT2D eigenvalue weighted by Gasteiger charge is -2.19. The minimum atomic E-state index is 0.212. The number of pyridine rings is 2. The van der Waals surface area contributed by atoms with Gasteiger partial charge in [0.2, 0.25) is 0 Å². The zero-order chi connectivity index (χ0) is 25.8. The first-order valence-electron chi connectivity index (χ1n) is 12.4. The summed E-state index contributed by atoms with van der Waals surface area (Å²) in [4.78, 5) is 8.26. The second kappa shape index (κ2) is 19.5. The van der Waals surface area contributed by atoms with Crippen LogP contribution in [0, 0.1) is 0 Å². The van der Waals surface area contributed by atoms with E-state index in [-0.39, 0.29) is 10.8 Å². The Morgan fingerprint density at radius 3 is 1.41 bits per heavy atom. The first-order chi connectivity index (χ1) is 15.2. The van der Waals surface area contributed by atoms with Crippen molar-refractivity contribution < 1.29 is 0 Å². The van der Waals surface area contributed by atoms with Crippen molar-refractivity contribution in [1.82, 2.24) is 9.97 Å². The van der Waals surface area contributed by atoms with Crippen molar-refractivity contribution in [2.45, 2.75) is 108 Å². The van der Waals surface area contributed by atoms with Crippen molar-refractivity contribution in [3.63, 3.8) is 0 Å². The van der Waals surface area contributed by atoms with Crippen LogP contribution < -0.4 is 0 Å². The largest absolute Gasteiger partial charge is 0.265 e. The van der Waals surface area contributed by atoms with Crippen molar-refractivity contribution >= 4 is 10.9 Å². The summed E-state index contributed by atoms with van der Waals surface area (Å²) in [6.07, 6.45) is 5.50. The Morgan fingerprint density at radius 1 is 0.531 bits per heavy atom. The van der Waals surface area contributed by atoms with Gasteiger partial charge in [-0.2, -0.15) is 0 Å². The molecule has 0 N–H and O–H groups in total. The van der Waals surface area contributed by atoms with Gasteiger partial charge in [0.05, 0.1) is 5.52 Å². The van der Waals surface area contributed by atoms with Gasteiger partial charge in [0.1, 0.15) is 0 Å². The second-order valence-corrected chi connectivity index (χ2v) is 8.15. The van der Waals surface area contributed by atoms with Crippen LogP contribution in [0.4, 0.5) is 0 Å². The molecule has 1 aromatic carbocycles. The van der Waals surface area contributed by atoms with E-state index in [1.807, 2.05) is 80.0 Å². The molecule has 0 fully saturated rings. The molecule has 2 heteroatoms. The van der Waals surface area contributed by atoms with Crippen LogP contribution in [0.2, 0.25) is 0 Å². The molecule has 0 spiro atoms. The van der Waals surface area contributed by atoms with Crippen LogP contribution in [-0.4, -0.2) is 9.97 Å². The molecular formula is C30H52N2. The van der Waals surface area contributed by atoms with E-state index < -0.39 is 0 Å². The summed E-state index contributed by atoms with van der Waals surface area (Å²) in [5.41, 5.74) is 4.23. The van der Waals surface area contributed by atoms with Crippen LogP contribution in [0.5, 0.6) is 0 Å². The summed E-state index contributed by atoms with van der Waals surface area (Å²) >= 11 is 0. The van der Waals surface area contributed by atoms with Crippen LogP contribution in [-0.2, 0) is 10.8 Å². The Bertz CT molecular complexity index is 779. The van der Waals surface area contributed by atoms with E-state index in [1.54, 1.807) is 0 Å². The Kier molecular flexibility index (Phi) is 20.9. The number of benzene rings is 1. The maximum Gasteiger partial charge on any atom is 0.0702 e. The van der Waals surface area contributed by atoms with Gasteiger partial charge < -0.3 is 0 Å². The topological polar surface area (TPSA) is 25.8 Å². The van der Waals surface area contributed by atoms with E-state index in [0.717, 1.165) is 5.52 Å². The van der Waals surface area contributed by atoms with Crippen molar-refractivity contribution in [3.8, 4) is 0 Å². The minimum Gasteiger partial charge on any atom is -0.265 e. The molecule has 0 saturated carbocycles. The van der Waals surface area contributed by atoms with Crippen LogP contribution >= 0.6 is 0 Å². The van der Waals surface area contributed by atoms with Crippen molar-refractivity contribution in [2.24, 2.45) is 0 Å². The number of hydrogen-bond acceptors (Lipinski definition) is 2. The fraction of sp³-hybridized carbons (Fsp3) is 0.533. The molecule has 2 aromatic heterocycles. The first kappa shape index (κ1) is 34.4. The normalized spacial score (nSPS) is 9.56. The van der Waals surface area contributed by atoms with Gasteiger partial charge in [0.15, 0.2) is 0 Å². The predicted molar refractivity (Wildman–Crippen MR) is 149 cm³/mol. The molecule has 2 nitrogen and oxygen atoms in total. The Labute approximate surface area is 200 Å². The third-order valence-corrected chi connectivity index (χ3v) is 4.02. The van der Waals surface area contributed by atoms with Gasteiger partial charge in [0.25, 0.3) is 0 Å². The predicted octanol–water partition coefficient (Wildman–Crippen LogP) is 10.0. The summed E-state index contributed by atoms with van der Waals surface area (Å²) in [5.74, 6) is 0. The van der Waals surface area contributed by atoms with Crippen molar-refractivity contribution in [1.29, 1.82) is 0 Å². The maximum atomic E-state index is 4.30. The third-order valence-electron chi connectivity index (χ3n) is 4.02. The van der Waals surface area contributed by atoms with E-state index >= 15 is 0 Å². The van der Waals surface area contributed by atoms with E-state index in [1.165, 1.54) is 16.5 Å². The van der Waals surface area contributed by atoms with Gasteiger partial charge >= 0.3 is 0 Å². The molecule has 0 bridgehead atoms. The highest BCUT2D eigenvalue weighted by Crippen LogP contribution is 2.25. The van der Waals surface area contributed by atoms with Crippen molar-refractivity contribution in [2.75, 3.05) is 0 Å². The highest BCUT2D eigenvalue weighted by molar-refractivity contribution is 5.79. The fourth-order valence-corrected chi connectivity index (χ4v) is 2.39. The molecule has 32 heavy (non-hydrogen) atoms. The van der Waals surface area contributed by atoms with Gasteiger partial charge in [-0.25, -0.2) is 0 Å². The lowest BCUT2D eigenvalue weighted by Crippen LogP contribution is -2.10. The molecule has 3 rings (SSSR count). The zero-order valence-electron chi connectivity index (χ0n) is 23.7. The number of rotatable bonds is 0. The maximum absolute atomic E-state index is 4.30. The van der Waals surface area contributed by atoms with E-state index in [9.17, 15) is 0 Å². The number of aromatic nitrogens is 2. The lowest BCUT2D eigenvalue weighted by atomic mass is 9.86. The van der Waals surface area contributed by atoms with Crippen LogP contribution in [0.1, 0.15) is 108 Å². The standard InChI is InChI=1S/C13H15N.C9H13N.4C2H6/c1-13(2,3)11-6-7-12-10(9-11)5-4-8-14-12;1-9(2,3)8-4-6-10-7-5-8;4*1-2/h4-9H,1-3H3;4-7H,1-3H3;4*1-2H3. The fourth-order valence-electron chi connectivity index (χ4n) is 2.39. The average molecular weight is 441 g/mol. The zero-order valence-corrected chi connectivity index (χ0v) is 23.7. The third kappa shape index (κ3) is 14.0. The van der Waals surface area contributed by atoms with Crippen LogP contribution in [0.3, 0.4) is 0 Å². The monoisotopic (exact) mass is 440 g/mol. The van der Waals surface area contributed by atoms with Gasteiger partial charge in [-0.1, -0.05) is 109 Å². The molecule has 0 radical (unpaired) electrons. The molecule has 0 unspecified atom stereocenters. The summed E-state index contributed by atoms with van der Waals surface area (Å²) in [6.45, 7) is 29.3. The van der Waals surface area contributed by atoms with Gasteiger partial charge in [-0.05, 0) is 52.3 Å². The number of fused-ring (bicyclic) bond motifs is 1. The molecule has 3 aromatic rings. The lowest BCUT2D eigenvalue weighted by molar-refractivity contribution is 0.589. The summed E-state index contributed by atoms with van der Waals surface area (Å²) in [5, 5.41) is 1.22. The van der Waals surface area contributed by atoms with Crippen molar-refractivity contribution in [3.05, 3.63) is 72.2 Å². The van der Waals surface area contributed by atoms with E-state index in [4.69, 9.17) is 0 Å². The Balaban J connectivity index is -0.000000412. The number of hydrogen-bond donors (Lipinski definition) is 0. The van der Waals surface area contributed by atoms with E-state index in [0.29, 0.717) is 0 Å². The molecule has 0 atom stereocenters. The second-order valence-electron chi connectivity index (χ2n) is 8.15. The highest BCUT2D eigenvalue weighted by Gasteiger charge is 2.13. The summed E-state index contributed by atoms with van der Waals surface area (Å²) in [7, 11) is 0. The highest BCUT2D eigenvalue weighted by atomic mass is 14.6. The molecule has 0 aliphatic rings. The Morgan fingerprint density at radius 2 is 1.00 bits per heavy atom. The van der Waals surface area contributed by atoms with Gasteiger partial charge in [-0.3, -0.25) is 9.97 Å². The molecule has 0 aliphatic carbocycles. The SMILES string of the molecule is CC.CC.CC.CC.CC(C)(C)c1ccc2ncccc2c1.CC(C)(C)c1ccncc1. The molecule has 182 valence electrons. The minimum absolute atomic E-state index is 0.212. The molecule has 0 aliphatic heterocycles. The molecule has 0 amide bonds.